The maximum absolute atomic E-state index is 13.3. The van der Waals surface area contributed by atoms with E-state index in [1.54, 1.807) is 31.2 Å². The molecule has 28 heavy (non-hydrogen) atoms. The van der Waals surface area contributed by atoms with E-state index in [1.807, 2.05) is 0 Å². The number of hydrogen-bond donors (Lipinski definition) is 2. The van der Waals surface area contributed by atoms with Crippen molar-refractivity contribution in [1.82, 2.24) is 15.6 Å². The highest BCUT2D eigenvalue weighted by Gasteiger charge is 2.18. The minimum Gasteiger partial charge on any atom is -0.459 e. The number of ether oxygens (including phenoxy) is 1. The maximum Gasteiger partial charge on any atom is 0.287 e. The van der Waals surface area contributed by atoms with Gasteiger partial charge in [0.05, 0.1) is 6.26 Å². The van der Waals surface area contributed by atoms with Crippen molar-refractivity contribution >= 4 is 11.8 Å². The quantitative estimate of drug-likeness (QED) is 0.654. The molecule has 2 amide bonds. The first-order chi connectivity index (χ1) is 13.5. The van der Waals surface area contributed by atoms with E-state index in [0.29, 0.717) is 11.3 Å². The zero-order valence-corrected chi connectivity index (χ0v) is 15.0. The van der Waals surface area contributed by atoms with E-state index < -0.39 is 17.8 Å². The van der Waals surface area contributed by atoms with E-state index in [1.165, 1.54) is 36.7 Å². The lowest BCUT2D eigenvalue weighted by Gasteiger charge is -2.14. The van der Waals surface area contributed by atoms with Gasteiger partial charge in [0.1, 0.15) is 17.6 Å². The van der Waals surface area contributed by atoms with Crippen LogP contribution in [0.2, 0.25) is 0 Å². The summed E-state index contributed by atoms with van der Waals surface area (Å²) in [6.45, 7) is 1.68. The van der Waals surface area contributed by atoms with Crippen molar-refractivity contribution in [3.63, 3.8) is 0 Å². The Kier molecular flexibility index (Phi) is 6.01. The van der Waals surface area contributed by atoms with Crippen LogP contribution < -0.4 is 15.4 Å². The van der Waals surface area contributed by atoms with Crippen LogP contribution in [0.1, 0.15) is 23.0 Å². The topological polar surface area (TPSA) is 93.5 Å². The third kappa shape index (κ3) is 4.94. The van der Waals surface area contributed by atoms with Gasteiger partial charge in [-0.1, -0.05) is 12.1 Å². The van der Waals surface area contributed by atoms with Crippen LogP contribution in [-0.2, 0) is 11.3 Å². The largest absolute Gasteiger partial charge is 0.459 e. The third-order valence-corrected chi connectivity index (χ3v) is 3.80. The smallest absolute Gasteiger partial charge is 0.287 e. The molecule has 0 radical (unpaired) electrons. The molecule has 3 aromatic rings. The Morgan fingerprint density at radius 3 is 2.82 bits per heavy atom. The molecule has 7 nitrogen and oxygen atoms in total. The van der Waals surface area contributed by atoms with Crippen LogP contribution in [0.4, 0.5) is 4.39 Å². The summed E-state index contributed by atoms with van der Waals surface area (Å²) in [7, 11) is 0. The maximum atomic E-state index is 13.3. The fourth-order valence-corrected chi connectivity index (χ4v) is 2.37. The SMILES string of the molecule is C[C@H](NC(=O)c1ccco1)C(=O)NCc1cccnc1Oc1cccc(F)c1. The Morgan fingerprint density at radius 2 is 2.07 bits per heavy atom. The first-order valence-electron chi connectivity index (χ1n) is 8.52. The summed E-state index contributed by atoms with van der Waals surface area (Å²) in [4.78, 5) is 28.3. The van der Waals surface area contributed by atoms with E-state index in [0.717, 1.165) is 0 Å². The van der Waals surface area contributed by atoms with Gasteiger partial charge in [-0.05, 0) is 37.3 Å². The van der Waals surface area contributed by atoms with Gasteiger partial charge in [0.2, 0.25) is 11.8 Å². The summed E-state index contributed by atoms with van der Waals surface area (Å²) in [6, 6.07) is 11.4. The zero-order chi connectivity index (χ0) is 19.9. The summed E-state index contributed by atoms with van der Waals surface area (Å²) in [5, 5.41) is 5.25. The first-order valence-corrected chi connectivity index (χ1v) is 8.52. The van der Waals surface area contributed by atoms with Crippen molar-refractivity contribution in [3.05, 3.63) is 78.1 Å². The molecule has 0 aliphatic heterocycles. The van der Waals surface area contributed by atoms with Gasteiger partial charge in [-0.3, -0.25) is 9.59 Å². The molecule has 1 aromatic carbocycles. The standard InChI is InChI=1S/C20H18FN3O4/c1-13(24-19(26)17-8-4-10-27-17)18(25)23-12-14-5-3-9-22-20(14)28-16-7-2-6-15(21)11-16/h2-11,13H,12H2,1H3,(H,23,25)(H,24,26)/t13-/m0/s1. The number of nitrogens with zero attached hydrogens (tertiary/aromatic N) is 1. The van der Waals surface area contributed by atoms with Crippen LogP contribution in [0.3, 0.4) is 0 Å². The molecule has 0 aliphatic rings. The average Bonchev–Trinajstić information content (AvgIpc) is 3.22. The number of carbonyl (C=O) groups is 2. The monoisotopic (exact) mass is 383 g/mol. The van der Waals surface area contributed by atoms with Crippen molar-refractivity contribution in [3.8, 4) is 11.6 Å². The lowest BCUT2D eigenvalue weighted by atomic mass is 10.2. The number of aromatic nitrogens is 1. The zero-order valence-electron chi connectivity index (χ0n) is 15.0. The minimum atomic E-state index is -0.776. The molecule has 2 N–H and O–H groups in total. The summed E-state index contributed by atoms with van der Waals surface area (Å²) in [5.74, 6) is -0.627. The normalized spacial score (nSPS) is 11.5. The molecule has 0 bridgehead atoms. The molecule has 3 rings (SSSR count). The van der Waals surface area contributed by atoms with Crippen LogP contribution in [0.15, 0.2) is 65.4 Å². The fourth-order valence-electron chi connectivity index (χ4n) is 2.37. The van der Waals surface area contributed by atoms with Gasteiger partial charge in [0, 0.05) is 24.4 Å². The van der Waals surface area contributed by atoms with Crippen LogP contribution >= 0.6 is 0 Å². The van der Waals surface area contributed by atoms with Crippen molar-refractivity contribution in [1.29, 1.82) is 0 Å². The molecule has 0 saturated carbocycles. The van der Waals surface area contributed by atoms with E-state index in [2.05, 4.69) is 15.6 Å². The predicted octanol–water partition coefficient (Wildman–Crippen LogP) is 3.04. The Hall–Kier alpha value is -3.68. The van der Waals surface area contributed by atoms with Gasteiger partial charge >= 0.3 is 0 Å². The van der Waals surface area contributed by atoms with E-state index in [-0.39, 0.29) is 24.1 Å². The third-order valence-electron chi connectivity index (χ3n) is 3.80. The van der Waals surface area contributed by atoms with Crippen molar-refractivity contribution in [2.24, 2.45) is 0 Å². The molecular formula is C20H18FN3O4. The predicted molar refractivity (Wildman–Crippen MR) is 98.2 cm³/mol. The molecule has 8 heteroatoms. The second kappa shape index (κ2) is 8.81. The van der Waals surface area contributed by atoms with Gasteiger partial charge in [-0.15, -0.1) is 0 Å². The number of nitrogens with one attached hydrogen (secondary N) is 2. The fraction of sp³-hybridized carbons (Fsp3) is 0.150. The van der Waals surface area contributed by atoms with Crippen LogP contribution in [0.5, 0.6) is 11.6 Å². The van der Waals surface area contributed by atoms with Crippen molar-refractivity contribution < 1.29 is 23.1 Å². The molecule has 0 saturated heterocycles. The second-order valence-corrected chi connectivity index (χ2v) is 5.92. The highest BCUT2D eigenvalue weighted by molar-refractivity contribution is 5.95. The van der Waals surface area contributed by atoms with Gasteiger partial charge in [0.15, 0.2) is 5.76 Å². The highest BCUT2D eigenvalue weighted by Crippen LogP contribution is 2.23. The van der Waals surface area contributed by atoms with Gasteiger partial charge < -0.3 is 19.8 Å². The van der Waals surface area contributed by atoms with E-state index in [9.17, 15) is 14.0 Å². The van der Waals surface area contributed by atoms with Crippen molar-refractivity contribution in [2.45, 2.75) is 19.5 Å². The lowest BCUT2D eigenvalue weighted by molar-refractivity contribution is -0.122. The van der Waals surface area contributed by atoms with Crippen LogP contribution in [-0.4, -0.2) is 22.8 Å². The van der Waals surface area contributed by atoms with Crippen molar-refractivity contribution in [2.75, 3.05) is 0 Å². The van der Waals surface area contributed by atoms with Gasteiger partial charge in [0.25, 0.3) is 5.91 Å². The number of amides is 2. The molecule has 0 spiro atoms. The Balaban J connectivity index is 1.59. The minimum absolute atomic E-state index is 0.123. The number of carbonyl (C=O) groups excluding carboxylic acids is 2. The highest BCUT2D eigenvalue weighted by atomic mass is 19.1. The number of pyridine rings is 1. The molecule has 0 aliphatic carbocycles. The van der Waals surface area contributed by atoms with Crippen LogP contribution in [0.25, 0.3) is 0 Å². The van der Waals surface area contributed by atoms with Crippen LogP contribution in [0, 0.1) is 5.82 Å². The molecular weight excluding hydrogens is 365 g/mol. The molecule has 2 aromatic heterocycles. The number of hydrogen-bond acceptors (Lipinski definition) is 5. The summed E-state index contributed by atoms with van der Waals surface area (Å²) >= 11 is 0. The number of rotatable bonds is 7. The molecule has 144 valence electrons. The average molecular weight is 383 g/mol. The second-order valence-electron chi connectivity index (χ2n) is 5.92. The summed E-state index contributed by atoms with van der Waals surface area (Å²) in [5.41, 5.74) is 0.602. The Labute approximate surface area is 160 Å². The molecule has 0 unspecified atom stereocenters. The molecule has 2 heterocycles. The Bertz CT molecular complexity index is 960. The lowest BCUT2D eigenvalue weighted by Crippen LogP contribution is -2.44. The Morgan fingerprint density at radius 1 is 1.21 bits per heavy atom. The number of furan rings is 1. The number of benzene rings is 1. The number of halogens is 1. The molecule has 1 atom stereocenters. The van der Waals surface area contributed by atoms with Gasteiger partial charge in [-0.2, -0.15) is 0 Å². The summed E-state index contributed by atoms with van der Waals surface area (Å²) < 4.78 is 23.9. The van der Waals surface area contributed by atoms with E-state index in [4.69, 9.17) is 9.15 Å². The van der Waals surface area contributed by atoms with Gasteiger partial charge in [-0.25, -0.2) is 9.37 Å². The van der Waals surface area contributed by atoms with E-state index >= 15 is 0 Å². The summed E-state index contributed by atoms with van der Waals surface area (Å²) in [6.07, 6.45) is 2.91. The molecule has 0 fully saturated rings. The first kappa shape index (κ1) is 19.1.